The summed E-state index contributed by atoms with van der Waals surface area (Å²) in [5.74, 6) is 1.09. The molecule has 6 nitrogen and oxygen atoms in total. The van der Waals surface area contributed by atoms with E-state index in [0.717, 1.165) is 5.75 Å². The van der Waals surface area contributed by atoms with E-state index in [9.17, 15) is 8.42 Å². The van der Waals surface area contributed by atoms with Crippen molar-refractivity contribution in [1.29, 1.82) is 0 Å². The molecule has 0 aromatic heterocycles. The Balaban J connectivity index is 2.72. The van der Waals surface area contributed by atoms with Gasteiger partial charge in [0.15, 0.2) is 15.7 Å². The fraction of sp³-hybridized carbons (Fsp3) is 0.417. The highest BCUT2D eigenvalue weighted by molar-refractivity contribution is 8.00. The van der Waals surface area contributed by atoms with E-state index >= 15 is 0 Å². The number of hydrogen-bond acceptors (Lipinski definition) is 6. The number of nitrogens with two attached hydrogens (primary N) is 1. The number of benzene rings is 1. The topological polar surface area (TPSA) is 113 Å². The molecule has 0 saturated heterocycles. The van der Waals surface area contributed by atoms with Crippen LogP contribution >= 0.6 is 11.8 Å². The summed E-state index contributed by atoms with van der Waals surface area (Å²) >= 11 is 1.49. The molecule has 0 aliphatic rings. The first-order valence-corrected chi connectivity index (χ1v) is 8.81. The van der Waals surface area contributed by atoms with Crippen molar-refractivity contribution in [3.63, 3.8) is 0 Å². The molecule has 112 valence electrons. The van der Waals surface area contributed by atoms with Crippen LogP contribution in [0.1, 0.15) is 12.0 Å². The minimum atomic E-state index is -3.39. The summed E-state index contributed by atoms with van der Waals surface area (Å²) < 4.78 is 24.2. The van der Waals surface area contributed by atoms with Crippen molar-refractivity contribution >= 4 is 27.4 Å². The lowest BCUT2D eigenvalue weighted by atomic mass is 10.2. The molecule has 1 rings (SSSR count). The summed E-state index contributed by atoms with van der Waals surface area (Å²) in [5, 5.41) is 20.1. The Morgan fingerprint density at radius 2 is 2.10 bits per heavy atom. The fourth-order valence-electron chi connectivity index (χ4n) is 1.46. The summed E-state index contributed by atoms with van der Waals surface area (Å²) in [6, 6.07) is 6.01. The van der Waals surface area contributed by atoms with Crippen LogP contribution in [0.3, 0.4) is 0 Å². The van der Waals surface area contributed by atoms with Crippen molar-refractivity contribution in [3.05, 3.63) is 29.8 Å². The van der Waals surface area contributed by atoms with Crippen molar-refractivity contribution in [2.75, 3.05) is 23.9 Å². The number of thioether (sulfide) groups is 1. The maximum atomic E-state index is 12.1. The van der Waals surface area contributed by atoms with Gasteiger partial charge in [0.05, 0.1) is 10.6 Å². The maximum Gasteiger partial charge on any atom is 0.179 e. The van der Waals surface area contributed by atoms with Crippen LogP contribution in [0.25, 0.3) is 0 Å². The third-order valence-electron chi connectivity index (χ3n) is 2.54. The Labute approximate surface area is 122 Å². The number of oxime groups is 1. The zero-order valence-corrected chi connectivity index (χ0v) is 12.5. The van der Waals surface area contributed by atoms with Crippen LogP contribution in [0.15, 0.2) is 34.3 Å². The molecule has 8 heteroatoms. The van der Waals surface area contributed by atoms with Gasteiger partial charge in [-0.2, -0.15) is 11.8 Å². The van der Waals surface area contributed by atoms with E-state index in [2.05, 4.69) is 5.16 Å². The SMILES string of the molecule is N/C(=N/O)c1cccc(S(=O)(=O)CCSCCCO)c1. The van der Waals surface area contributed by atoms with Gasteiger partial charge in [-0.25, -0.2) is 8.42 Å². The van der Waals surface area contributed by atoms with Crippen molar-refractivity contribution in [2.24, 2.45) is 10.9 Å². The highest BCUT2D eigenvalue weighted by Crippen LogP contribution is 2.15. The molecule has 0 atom stereocenters. The van der Waals surface area contributed by atoms with Gasteiger partial charge in [-0.05, 0) is 24.3 Å². The summed E-state index contributed by atoms with van der Waals surface area (Å²) in [7, 11) is -3.39. The number of rotatable bonds is 8. The molecule has 20 heavy (non-hydrogen) atoms. The van der Waals surface area contributed by atoms with Crippen LogP contribution in [0.2, 0.25) is 0 Å². The predicted molar refractivity (Wildman–Crippen MR) is 80.0 cm³/mol. The maximum absolute atomic E-state index is 12.1. The Morgan fingerprint density at radius 3 is 2.75 bits per heavy atom. The Hall–Kier alpha value is -1.25. The van der Waals surface area contributed by atoms with Crippen molar-refractivity contribution in [3.8, 4) is 0 Å². The van der Waals surface area contributed by atoms with E-state index in [1.165, 1.54) is 23.9 Å². The van der Waals surface area contributed by atoms with Gasteiger partial charge in [0.1, 0.15) is 0 Å². The number of sulfone groups is 1. The van der Waals surface area contributed by atoms with Crippen LogP contribution in [-0.2, 0) is 9.84 Å². The molecule has 1 aromatic rings. The second-order valence-corrected chi connectivity index (χ2v) is 7.36. The highest BCUT2D eigenvalue weighted by atomic mass is 32.2. The molecule has 4 N–H and O–H groups in total. The molecule has 0 amide bonds. The first-order chi connectivity index (χ1) is 9.51. The van der Waals surface area contributed by atoms with Crippen molar-refractivity contribution in [1.82, 2.24) is 0 Å². The van der Waals surface area contributed by atoms with E-state index < -0.39 is 9.84 Å². The highest BCUT2D eigenvalue weighted by Gasteiger charge is 2.15. The largest absolute Gasteiger partial charge is 0.409 e. The molecule has 0 fully saturated rings. The predicted octanol–water partition coefficient (Wildman–Crippen LogP) is 0.670. The number of aliphatic hydroxyl groups is 1. The second-order valence-electron chi connectivity index (χ2n) is 4.02. The minimum Gasteiger partial charge on any atom is -0.409 e. The lowest BCUT2D eigenvalue weighted by Crippen LogP contribution is -2.15. The van der Waals surface area contributed by atoms with Gasteiger partial charge in [0, 0.05) is 17.9 Å². The Bertz CT molecular complexity index is 558. The monoisotopic (exact) mass is 318 g/mol. The summed E-state index contributed by atoms with van der Waals surface area (Å²) in [6.45, 7) is 0.113. The van der Waals surface area contributed by atoms with Gasteiger partial charge in [0.2, 0.25) is 0 Å². The average molecular weight is 318 g/mol. The molecule has 0 aliphatic heterocycles. The van der Waals surface area contributed by atoms with Crippen molar-refractivity contribution < 1.29 is 18.7 Å². The molecule has 1 aromatic carbocycles. The van der Waals surface area contributed by atoms with E-state index in [-0.39, 0.29) is 23.1 Å². The Kier molecular flexibility index (Phi) is 6.83. The van der Waals surface area contributed by atoms with E-state index in [1.807, 2.05) is 0 Å². The average Bonchev–Trinajstić information content (AvgIpc) is 2.46. The first-order valence-electron chi connectivity index (χ1n) is 6.00. The Morgan fingerprint density at radius 1 is 1.35 bits per heavy atom. The quantitative estimate of drug-likeness (QED) is 0.213. The fourth-order valence-corrected chi connectivity index (χ4v) is 4.18. The normalized spacial score (nSPS) is 12.6. The molecule has 0 radical (unpaired) electrons. The zero-order chi connectivity index (χ0) is 15.0. The van der Waals surface area contributed by atoms with Gasteiger partial charge in [-0.3, -0.25) is 0 Å². The van der Waals surface area contributed by atoms with Gasteiger partial charge < -0.3 is 16.0 Å². The summed E-state index contributed by atoms with van der Waals surface area (Å²) in [6.07, 6.45) is 0.656. The molecular weight excluding hydrogens is 300 g/mol. The second kappa shape index (κ2) is 8.13. The number of hydrogen-bond donors (Lipinski definition) is 3. The van der Waals surface area contributed by atoms with Crippen LogP contribution in [-0.4, -0.2) is 48.4 Å². The molecule has 0 aliphatic carbocycles. The lowest BCUT2D eigenvalue weighted by molar-refractivity contribution is 0.296. The van der Waals surface area contributed by atoms with E-state index in [0.29, 0.717) is 17.7 Å². The molecule has 0 heterocycles. The number of nitrogens with zero attached hydrogens (tertiary/aromatic N) is 1. The van der Waals surface area contributed by atoms with Crippen LogP contribution in [0, 0.1) is 0 Å². The van der Waals surface area contributed by atoms with Gasteiger partial charge in [-0.15, -0.1) is 0 Å². The number of aliphatic hydroxyl groups excluding tert-OH is 1. The van der Waals surface area contributed by atoms with Crippen LogP contribution < -0.4 is 5.73 Å². The molecule has 0 bridgehead atoms. The third-order valence-corrected chi connectivity index (χ3v) is 5.58. The smallest absolute Gasteiger partial charge is 0.179 e. The van der Waals surface area contributed by atoms with E-state index in [1.54, 1.807) is 12.1 Å². The standard InChI is InChI=1S/C12H18N2O4S2/c13-12(14-16)10-3-1-4-11(9-10)20(17,18)8-7-19-6-2-5-15/h1,3-4,9,15-16H,2,5-8H2,(H2,13,14). The van der Waals surface area contributed by atoms with Crippen LogP contribution in [0.4, 0.5) is 0 Å². The minimum absolute atomic E-state index is 0.0166. The lowest BCUT2D eigenvalue weighted by Gasteiger charge is -2.06. The molecule has 0 spiro atoms. The van der Waals surface area contributed by atoms with Gasteiger partial charge >= 0.3 is 0 Å². The third kappa shape index (κ3) is 5.03. The van der Waals surface area contributed by atoms with Crippen LogP contribution in [0.5, 0.6) is 0 Å². The first kappa shape index (κ1) is 16.8. The van der Waals surface area contributed by atoms with Gasteiger partial charge in [0.25, 0.3) is 0 Å². The van der Waals surface area contributed by atoms with Crippen molar-refractivity contribution in [2.45, 2.75) is 11.3 Å². The summed E-state index contributed by atoms with van der Waals surface area (Å²) in [4.78, 5) is 0.157. The molecule has 0 saturated carbocycles. The van der Waals surface area contributed by atoms with E-state index in [4.69, 9.17) is 16.0 Å². The summed E-state index contributed by atoms with van der Waals surface area (Å²) in [5.41, 5.74) is 5.80. The van der Waals surface area contributed by atoms with Gasteiger partial charge in [-0.1, -0.05) is 17.3 Å². The molecular formula is C12H18N2O4S2. The number of amidine groups is 1. The molecule has 0 unspecified atom stereocenters. The zero-order valence-electron chi connectivity index (χ0n) is 10.9.